The lowest BCUT2D eigenvalue weighted by molar-refractivity contribution is -0.125. The average Bonchev–Trinajstić information content (AvgIpc) is 2.52. The van der Waals surface area contributed by atoms with Crippen molar-refractivity contribution in [3.63, 3.8) is 0 Å². The highest BCUT2D eigenvalue weighted by Crippen LogP contribution is 2.35. The zero-order chi connectivity index (χ0) is 17.1. The van der Waals surface area contributed by atoms with Crippen LogP contribution in [0, 0.1) is 5.41 Å². The standard InChI is InChI=1S/C18H27ClN2O2/c1-17(2,3)15(20)16(22)21-12-18(8-10-23-11-9-18)13-4-6-14(19)7-5-13/h4-7,15H,8-12,20H2,1-3H3,(H,21,22)/t15-/m1/s1. The van der Waals surface area contributed by atoms with Crippen molar-refractivity contribution in [3.05, 3.63) is 34.9 Å². The molecule has 1 heterocycles. The zero-order valence-corrected chi connectivity index (χ0v) is 15.0. The Balaban J connectivity index is 2.13. The third-order valence-electron chi connectivity index (χ3n) is 4.72. The predicted octanol–water partition coefficient (Wildman–Crippen LogP) is 2.88. The van der Waals surface area contributed by atoms with Crippen molar-refractivity contribution < 1.29 is 9.53 Å². The molecule has 1 aliphatic rings. The highest BCUT2D eigenvalue weighted by atomic mass is 35.5. The zero-order valence-electron chi connectivity index (χ0n) is 14.2. The first kappa shape index (κ1) is 18.2. The summed E-state index contributed by atoms with van der Waals surface area (Å²) >= 11 is 6.00. The second-order valence-electron chi connectivity index (χ2n) is 7.46. The topological polar surface area (TPSA) is 64.4 Å². The normalized spacial score (nSPS) is 19.2. The molecule has 1 aromatic rings. The Hall–Kier alpha value is -1.10. The number of halogens is 1. The number of carbonyl (C=O) groups excluding carboxylic acids is 1. The number of nitrogens with one attached hydrogen (secondary N) is 1. The summed E-state index contributed by atoms with van der Waals surface area (Å²) in [4.78, 5) is 12.4. The minimum Gasteiger partial charge on any atom is -0.381 e. The summed E-state index contributed by atoms with van der Waals surface area (Å²) in [7, 11) is 0. The molecule has 0 saturated carbocycles. The van der Waals surface area contributed by atoms with E-state index in [2.05, 4.69) is 5.32 Å². The fraction of sp³-hybridized carbons (Fsp3) is 0.611. The first-order valence-corrected chi connectivity index (χ1v) is 8.49. The fourth-order valence-electron chi connectivity index (χ4n) is 2.89. The fourth-order valence-corrected chi connectivity index (χ4v) is 3.02. The molecule has 1 fully saturated rings. The first-order valence-electron chi connectivity index (χ1n) is 8.12. The molecular weight excluding hydrogens is 312 g/mol. The molecule has 2 rings (SSSR count). The molecule has 0 spiro atoms. The van der Waals surface area contributed by atoms with Crippen LogP contribution in [0.15, 0.2) is 24.3 Å². The molecule has 5 heteroatoms. The van der Waals surface area contributed by atoms with Gasteiger partial charge in [0.1, 0.15) is 0 Å². The van der Waals surface area contributed by atoms with Gasteiger partial charge in [-0.05, 0) is 36.0 Å². The van der Waals surface area contributed by atoms with Gasteiger partial charge in [-0.3, -0.25) is 4.79 Å². The maximum Gasteiger partial charge on any atom is 0.237 e. The molecule has 0 aliphatic carbocycles. The van der Waals surface area contributed by atoms with Crippen LogP contribution in [-0.4, -0.2) is 31.7 Å². The van der Waals surface area contributed by atoms with E-state index in [-0.39, 0.29) is 16.7 Å². The molecule has 3 N–H and O–H groups in total. The van der Waals surface area contributed by atoms with Crippen molar-refractivity contribution >= 4 is 17.5 Å². The van der Waals surface area contributed by atoms with Gasteiger partial charge >= 0.3 is 0 Å². The van der Waals surface area contributed by atoms with Gasteiger partial charge < -0.3 is 15.8 Å². The van der Waals surface area contributed by atoms with Gasteiger partial charge in [0, 0.05) is 30.2 Å². The van der Waals surface area contributed by atoms with Crippen molar-refractivity contribution in [2.24, 2.45) is 11.1 Å². The monoisotopic (exact) mass is 338 g/mol. The lowest BCUT2D eigenvalue weighted by Crippen LogP contribution is -2.52. The molecule has 128 valence electrons. The van der Waals surface area contributed by atoms with Crippen molar-refractivity contribution in [2.45, 2.75) is 45.1 Å². The van der Waals surface area contributed by atoms with Crippen LogP contribution in [0.5, 0.6) is 0 Å². The lowest BCUT2D eigenvalue weighted by atomic mass is 9.74. The van der Waals surface area contributed by atoms with Crippen LogP contribution >= 0.6 is 11.6 Å². The Labute approximate surface area is 143 Å². The Morgan fingerprint density at radius 2 is 1.87 bits per heavy atom. The molecule has 0 bridgehead atoms. The molecule has 1 aliphatic heterocycles. The van der Waals surface area contributed by atoms with Crippen LogP contribution in [0.2, 0.25) is 5.02 Å². The molecule has 0 unspecified atom stereocenters. The SMILES string of the molecule is CC(C)(C)[C@H](N)C(=O)NCC1(c2ccc(Cl)cc2)CCOCC1. The highest BCUT2D eigenvalue weighted by molar-refractivity contribution is 6.30. The van der Waals surface area contributed by atoms with Crippen LogP contribution < -0.4 is 11.1 Å². The van der Waals surface area contributed by atoms with Gasteiger partial charge in [-0.25, -0.2) is 0 Å². The number of amides is 1. The Kier molecular flexibility index (Phi) is 5.71. The molecule has 1 atom stereocenters. The summed E-state index contributed by atoms with van der Waals surface area (Å²) in [6.45, 7) is 7.89. The Morgan fingerprint density at radius 3 is 2.39 bits per heavy atom. The van der Waals surface area contributed by atoms with Crippen LogP contribution in [0.3, 0.4) is 0 Å². The van der Waals surface area contributed by atoms with Crippen LogP contribution in [0.4, 0.5) is 0 Å². The van der Waals surface area contributed by atoms with Gasteiger partial charge in [0.2, 0.25) is 5.91 Å². The van der Waals surface area contributed by atoms with Crippen molar-refractivity contribution in [1.82, 2.24) is 5.32 Å². The summed E-state index contributed by atoms with van der Waals surface area (Å²) in [5, 5.41) is 3.78. The average molecular weight is 339 g/mol. The summed E-state index contributed by atoms with van der Waals surface area (Å²) in [5.74, 6) is -0.0997. The number of carbonyl (C=O) groups is 1. The minimum atomic E-state index is -0.524. The molecule has 1 amide bonds. The number of benzene rings is 1. The van der Waals surface area contributed by atoms with E-state index >= 15 is 0 Å². The second kappa shape index (κ2) is 7.20. The van der Waals surface area contributed by atoms with Gasteiger partial charge in [-0.1, -0.05) is 44.5 Å². The molecule has 1 saturated heterocycles. The van der Waals surface area contributed by atoms with Crippen molar-refractivity contribution in [2.75, 3.05) is 19.8 Å². The number of hydrogen-bond donors (Lipinski definition) is 2. The van der Waals surface area contributed by atoms with E-state index < -0.39 is 6.04 Å². The van der Waals surface area contributed by atoms with E-state index in [1.165, 1.54) is 5.56 Å². The van der Waals surface area contributed by atoms with E-state index in [0.29, 0.717) is 19.8 Å². The third kappa shape index (κ3) is 4.46. The van der Waals surface area contributed by atoms with E-state index in [1.54, 1.807) is 0 Å². The van der Waals surface area contributed by atoms with Crippen LogP contribution in [-0.2, 0) is 14.9 Å². The van der Waals surface area contributed by atoms with Gasteiger partial charge in [0.05, 0.1) is 6.04 Å². The molecule has 1 aromatic carbocycles. The van der Waals surface area contributed by atoms with Gasteiger partial charge in [0.15, 0.2) is 0 Å². The molecule has 23 heavy (non-hydrogen) atoms. The lowest BCUT2D eigenvalue weighted by Gasteiger charge is -2.38. The van der Waals surface area contributed by atoms with Gasteiger partial charge in [0.25, 0.3) is 0 Å². The largest absolute Gasteiger partial charge is 0.381 e. The quantitative estimate of drug-likeness (QED) is 0.887. The molecule has 0 aromatic heterocycles. The Bertz CT molecular complexity index is 531. The summed E-state index contributed by atoms with van der Waals surface area (Å²) in [5.41, 5.74) is 6.88. The highest BCUT2D eigenvalue weighted by Gasteiger charge is 2.36. The smallest absolute Gasteiger partial charge is 0.237 e. The maximum atomic E-state index is 12.4. The summed E-state index contributed by atoms with van der Waals surface area (Å²) in [6, 6.07) is 7.37. The second-order valence-corrected chi connectivity index (χ2v) is 7.90. The van der Waals surface area contributed by atoms with E-state index in [0.717, 1.165) is 17.9 Å². The van der Waals surface area contributed by atoms with Crippen molar-refractivity contribution in [1.29, 1.82) is 0 Å². The van der Waals surface area contributed by atoms with Gasteiger partial charge in [-0.15, -0.1) is 0 Å². The number of nitrogens with two attached hydrogens (primary N) is 1. The van der Waals surface area contributed by atoms with Crippen LogP contribution in [0.1, 0.15) is 39.2 Å². The Morgan fingerprint density at radius 1 is 1.30 bits per heavy atom. The molecular formula is C18H27ClN2O2. The number of rotatable bonds is 4. The minimum absolute atomic E-state index is 0.0997. The van der Waals surface area contributed by atoms with E-state index in [1.807, 2.05) is 45.0 Å². The van der Waals surface area contributed by atoms with E-state index in [9.17, 15) is 4.79 Å². The van der Waals surface area contributed by atoms with Gasteiger partial charge in [-0.2, -0.15) is 0 Å². The maximum absolute atomic E-state index is 12.4. The predicted molar refractivity (Wildman–Crippen MR) is 93.6 cm³/mol. The number of ether oxygens (including phenoxy) is 1. The summed E-state index contributed by atoms with van der Waals surface area (Å²) < 4.78 is 5.52. The first-order chi connectivity index (χ1) is 10.7. The number of hydrogen-bond acceptors (Lipinski definition) is 3. The molecule has 4 nitrogen and oxygen atoms in total. The third-order valence-corrected chi connectivity index (χ3v) is 4.97. The van der Waals surface area contributed by atoms with Crippen molar-refractivity contribution in [3.8, 4) is 0 Å². The van der Waals surface area contributed by atoms with Crippen LogP contribution in [0.25, 0.3) is 0 Å². The van der Waals surface area contributed by atoms with E-state index in [4.69, 9.17) is 22.1 Å². The molecule has 0 radical (unpaired) electrons. The summed E-state index contributed by atoms with van der Waals surface area (Å²) in [6.07, 6.45) is 1.75.